The number of carbonyl (C=O) groups is 1. The fourth-order valence-corrected chi connectivity index (χ4v) is 3.19. The van der Waals surface area contributed by atoms with E-state index >= 15 is 0 Å². The minimum Gasteiger partial charge on any atom is -0.354 e. The normalized spacial score (nSPS) is 10.5. The van der Waals surface area contributed by atoms with E-state index in [1.807, 2.05) is 58.0 Å². The van der Waals surface area contributed by atoms with E-state index in [0.29, 0.717) is 35.0 Å². The van der Waals surface area contributed by atoms with Crippen molar-refractivity contribution in [2.75, 3.05) is 18.4 Å². The van der Waals surface area contributed by atoms with Gasteiger partial charge in [-0.1, -0.05) is 17.7 Å². The van der Waals surface area contributed by atoms with Gasteiger partial charge in [-0.3, -0.25) is 4.79 Å². The molecule has 1 aromatic carbocycles. The van der Waals surface area contributed by atoms with Crippen molar-refractivity contribution in [2.45, 2.75) is 27.7 Å². The number of aromatic nitrogens is 2. The third kappa shape index (κ3) is 4.37. The van der Waals surface area contributed by atoms with Crippen LogP contribution in [-0.2, 0) is 0 Å². The maximum absolute atomic E-state index is 13.1. The highest BCUT2D eigenvalue weighted by Gasteiger charge is 2.20. The molecule has 7 heteroatoms. The summed E-state index contributed by atoms with van der Waals surface area (Å²) in [7, 11) is 0. The summed E-state index contributed by atoms with van der Waals surface area (Å²) < 4.78 is 0. The lowest BCUT2D eigenvalue weighted by atomic mass is 10.1. The van der Waals surface area contributed by atoms with Gasteiger partial charge in [-0.2, -0.15) is 0 Å². The molecule has 0 spiro atoms. The molecule has 3 aromatic rings. The zero-order valence-electron chi connectivity index (χ0n) is 16.4. The number of hydrogen-bond donors (Lipinski definition) is 1. The number of aryl methyl sites for hydroxylation is 2. The van der Waals surface area contributed by atoms with Gasteiger partial charge in [0, 0.05) is 41.1 Å². The Morgan fingerprint density at radius 3 is 2.54 bits per heavy atom. The number of fused-ring (bicyclic) bond motifs is 1. The first-order chi connectivity index (χ1) is 12.9. The summed E-state index contributed by atoms with van der Waals surface area (Å²) in [6, 6.07) is 9.52. The van der Waals surface area contributed by atoms with Gasteiger partial charge >= 0.3 is 0 Å². The molecule has 148 valence electrons. The number of halogens is 2. The summed E-state index contributed by atoms with van der Waals surface area (Å²) in [4.78, 5) is 23.8. The maximum atomic E-state index is 13.1. The van der Waals surface area contributed by atoms with E-state index in [1.54, 1.807) is 11.1 Å². The Balaban J connectivity index is 0.00000280. The molecule has 0 aliphatic rings. The van der Waals surface area contributed by atoms with Crippen molar-refractivity contribution in [1.82, 2.24) is 14.9 Å². The number of nitrogens with one attached hydrogen (secondary N) is 1. The predicted molar refractivity (Wildman–Crippen MR) is 118 cm³/mol. The molecule has 2 aromatic heterocycles. The zero-order valence-corrected chi connectivity index (χ0v) is 18.0. The fourth-order valence-electron chi connectivity index (χ4n) is 3.01. The third-order valence-corrected chi connectivity index (χ3v) is 4.84. The van der Waals surface area contributed by atoms with Crippen LogP contribution in [0.4, 0.5) is 11.4 Å². The molecule has 0 saturated heterocycles. The Labute approximate surface area is 176 Å². The first-order valence-electron chi connectivity index (χ1n) is 9.03. The Bertz CT molecular complexity index is 1000. The van der Waals surface area contributed by atoms with E-state index in [-0.39, 0.29) is 18.3 Å². The van der Waals surface area contributed by atoms with Gasteiger partial charge < -0.3 is 10.2 Å². The largest absolute Gasteiger partial charge is 0.354 e. The summed E-state index contributed by atoms with van der Waals surface area (Å²) in [6.07, 6.45) is 1.61. The first kappa shape index (κ1) is 21.9. The minimum atomic E-state index is -0.0582. The van der Waals surface area contributed by atoms with Crippen molar-refractivity contribution in [2.24, 2.45) is 0 Å². The molecule has 1 amide bonds. The molecule has 0 aliphatic carbocycles. The molecule has 0 unspecified atom stereocenters. The Morgan fingerprint density at radius 1 is 1.14 bits per heavy atom. The standard InChI is InChI=1S/C21H23ClN4O.ClH/c1-5-26(6-2)21(27)17-12-23-20-16(10-8-14(4)24-20)19(17)25-18-11-15(22)9-7-13(18)3;/h7-12H,5-6H2,1-4H3,(H,23,24,25);1H. The van der Waals surface area contributed by atoms with Crippen LogP contribution in [0.1, 0.15) is 35.5 Å². The average Bonchev–Trinajstić information content (AvgIpc) is 2.65. The van der Waals surface area contributed by atoms with E-state index < -0.39 is 0 Å². The maximum Gasteiger partial charge on any atom is 0.257 e. The van der Waals surface area contributed by atoms with Gasteiger partial charge in [-0.15, -0.1) is 12.4 Å². The highest BCUT2D eigenvalue weighted by Crippen LogP contribution is 2.32. The smallest absolute Gasteiger partial charge is 0.257 e. The third-order valence-electron chi connectivity index (χ3n) is 4.61. The van der Waals surface area contributed by atoms with Crippen molar-refractivity contribution in [3.63, 3.8) is 0 Å². The number of nitrogens with zero attached hydrogens (tertiary/aromatic N) is 3. The van der Waals surface area contributed by atoms with Gasteiger partial charge in [-0.05, 0) is 57.5 Å². The minimum absolute atomic E-state index is 0. The van der Waals surface area contributed by atoms with Crippen molar-refractivity contribution in [3.05, 3.63) is 58.4 Å². The lowest BCUT2D eigenvalue weighted by Crippen LogP contribution is -2.31. The van der Waals surface area contributed by atoms with Crippen molar-refractivity contribution >= 4 is 52.3 Å². The summed E-state index contributed by atoms with van der Waals surface area (Å²) in [6.45, 7) is 9.12. The molecular formula is C21H24Cl2N4O. The van der Waals surface area contributed by atoms with Crippen LogP contribution < -0.4 is 5.32 Å². The van der Waals surface area contributed by atoms with Crippen molar-refractivity contribution < 1.29 is 4.79 Å². The quantitative estimate of drug-likeness (QED) is 0.589. The van der Waals surface area contributed by atoms with E-state index in [2.05, 4.69) is 15.3 Å². The molecule has 3 rings (SSSR count). The van der Waals surface area contributed by atoms with E-state index in [4.69, 9.17) is 11.6 Å². The molecule has 0 aliphatic heterocycles. The van der Waals surface area contributed by atoms with E-state index in [9.17, 15) is 4.79 Å². The number of benzene rings is 1. The summed E-state index contributed by atoms with van der Waals surface area (Å²) in [5.41, 5.74) is 4.59. The zero-order chi connectivity index (χ0) is 19.6. The van der Waals surface area contributed by atoms with E-state index in [0.717, 1.165) is 22.3 Å². The number of pyridine rings is 2. The molecule has 0 atom stereocenters. The molecule has 0 fully saturated rings. The van der Waals surface area contributed by atoms with Crippen LogP contribution in [0.15, 0.2) is 36.5 Å². The highest BCUT2D eigenvalue weighted by atomic mass is 35.5. The number of amides is 1. The molecule has 2 heterocycles. The van der Waals surface area contributed by atoms with Crippen LogP contribution in [0.2, 0.25) is 5.02 Å². The molecular weight excluding hydrogens is 395 g/mol. The lowest BCUT2D eigenvalue weighted by molar-refractivity contribution is 0.0774. The van der Waals surface area contributed by atoms with Gasteiger partial charge in [0.2, 0.25) is 0 Å². The second kappa shape index (κ2) is 9.22. The summed E-state index contributed by atoms with van der Waals surface area (Å²) in [5, 5.41) is 4.85. The predicted octanol–water partition coefficient (Wildman–Crippen LogP) is 5.55. The molecule has 0 saturated carbocycles. The van der Waals surface area contributed by atoms with Crippen LogP contribution in [0.5, 0.6) is 0 Å². The van der Waals surface area contributed by atoms with Crippen molar-refractivity contribution in [3.8, 4) is 0 Å². The number of rotatable bonds is 5. The van der Waals surface area contributed by atoms with Crippen molar-refractivity contribution in [1.29, 1.82) is 0 Å². The van der Waals surface area contributed by atoms with Crippen LogP contribution in [-0.4, -0.2) is 33.9 Å². The molecule has 0 radical (unpaired) electrons. The molecule has 0 bridgehead atoms. The number of hydrogen-bond acceptors (Lipinski definition) is 4. The van der Waals surface area contributed by atoms with Gasteiger partial charge in [-0.25, -0.2) is 9.97 Å². The number of anilines is 2. The Hall–Kier alpha value is -2.37. The van der Waals surface area contributed by atoms with Gasteiger partial charge in [0.15, 0.2) is 5.65 Å². The Morgan fingerprint density at radius 2 is 1.86 bits per heavy atom. The highest BCUT2D eigenvalue weighted by molar-refractivity contribution is 6.31. The van der Waals surface area contributed by atoms with Gasteiger partial charge in [0.05, 0.1) is 11.3 Å². The monoisotopic (exact) mass is 418 g/mol. The fraction of sp³-hybridized carbons (Fsp3) is 0.286. The SMILES string of the molecule is CCN(CC)C(=O)c1cnc2nc(C)ccc2c1Nc1cc(Cl)ccc1C.Cl. The molecule has 5 nitrogen and oxygen atoms in total. The van der Waals surface area contributed by atoms with Crippen LogP contribution in [0.3, 0.4) is 0 Å². The number of carbonyl (C=O) groups excluding carboxylic acids is 1. The second-order valence-electron chi connectivity index (χ2n) is 6.43. The topological polar surface area (TPSA) is 58.1 Å². The van der Waals surface area contributed by atoms with Gasteiger partial charge in [0.1, 0.15) is 0 Å². The van der Waals surface area contributed by atoms with Crippen LogP contribution in [0.25, 0.3) is 11.0 Å². The summed E-state index contributed by atoms with van der Waals surface area (Å²) >= 11 is 6.18. The lowest BCUT2D eigenvalue weighted by Gasteiger charge is -2.22. The molecule has 28 heavy (non-hydrogen) atoms. The van der Waals surface area contributed by atoms with E-state index in [1.165, 1.54) is 0 Å². The van der Waals surface area contributed by atoms with Crippen LogP contribution in [0, 0.1) is 13.8 Å². The molecule has 1 N–H and O–H groups in total. The van der Waals surface area contributed by atoms with Crippen LogP contribution >= 0.6 is 24.0 Å². The second-order valence-corrected chi connectivity index (χ2v) is 6.87. The van der Waals surface area contributed by atoms with Gasteiger partial charge in [0.25, 0.3) is 5.91 Å². The first-order valence-corrected chi connectivity index (χ1v) is 9.41. The summed E-state index contributed by atoms with van der Waals surface area (Å²) in [5.74, 6) is -0.0582. The Kier molecular flexibility index (Phi) is 7.22. The average molecular weight is 419 g/mol.